The summed E-state index contributed by atoms with van der Waals surface area (Å²) in [5.41, 5.74) is 2.53. The lowest BCUT2D eigenvalue weighted by Gasteiger charge is -2.14. The van der Waals surface area contributed by atoms with E-state index in [0.717, 1.165) is 12.1 Å². The smallest absolute Gasteiger partial charge is 0.0707 e. The first kappa shape index (κ1) is 8.94. The van der Waals surface area contributed by atoms with Crippen molar-refractivity contribution in [1.29, 1.82) is 0 Å². The van der Waals surface area contributed by atoms with E-state index in [1.165, 1.54) is 27.1 Å². The highest BCUT2D eigenvalue weighted by Crippen LogP contribution is 2.36. The van der Waals surface area contributed by atoms with Crippen molar-refractivity contribution in [2.45, 2.75) is 6.42 Å². The maximum absolute atomic E-state index is 4.49. The molecule has 0 saturated carbocycles. The van der Waals surface area contributed by atoms with Crippen LogP contribution in [0.15, 0.2) is 53.5 Å². The summed E-state index contributed by atoms with van der Waals surface area (Å²) in [5, 5.41) is 5.31. The van der Waals surface area contributed by atoms with E-state index in [1.807, 2.05) is 6.21 Å². The van der Waals surface area contributed by atoms with Crippen molar-refractivity contribution >= 4 is 33.4 Å². The molecule has 0 unspecified atom stereocenters. The minimum absolute atomic E-state index is 0.939. The highest BCUT2D eigenvalue weighted by atomic mass is 14.7. The fraction of sp³-hybridized carbons (Fsp3) is 0.0625. The Morgan fingerprint density at radius 1 is 0.882 bits per heavy atom. The number of nitrogens with zero attached hydrogens (tertiary/aromatic N) is 1. The van der Waals surface area contributed by atoms with Crippen LogP contribution in [0.3, 0.4) is 0 Å². The van der Waals surface area contributed by atoms with Crippen LogP contribution in [0.2, 0.25) is 0 Å². The van der Waals surface area contributed by atoms with Crippen LogP contribution < -0.4 is 0 Å². The lowest BCUT2D eigenvalue weighted by molar-refractivity contribution is 1.37. The van der Waals surface area contributed by atoms with Crippen molar-refractivity contribution in [2.75, 3.05) is 0 Å². The van der Waals surface area contributed by atoms with Gasteiger partial charge in [-0.25, -0.2) is 0 Å². The Labute approximate surface area is 99.4 Å². The zero-order valence-electron chi connectivity index (χ0n) is 9.35. The lowest BCUT2D eigenvalue weighted by atomic mass is 9.93. The summed E-state index contributed by atoms with van der Waals surface area (Å²) in [6, 6.07) is 17.2. The fourth-order valence-corrected chi connectivity index (χ4v) is 2.76. The summed E-state index contributed by atoms with van der Waals surface area (Å²) < 4.78 is 0. The molecule has 0 aliphatic carbocycles. The first-order valence-electron chi connectivity index (χ1n) is 5.89. The Bertz CT molecular complexity index is 769. The van der Waals surface area contributed by atoms with Gasteiger partial charge in [-0.15, -0.1) is 0 Å². The van der Waals surface area contributed by atoms with Gasteiger partial charge >= 0.3 is 0 Å². The Hall–Kier alpha value is -2.15. The fourth-order valence-electron chi connectivity index (χ4n) is 2.76. The Morgan fingerprint density at radius 2 is 1.76 bits per heavy atom. The van der Waals surface area contributed by atoms with Crippen molar-refractivity contribution in [3.8, 4) is 0 Å². The molecule has 0 saturated heterocycles. The largest absolute Gasteiger partial charge is 0.260 e. The highest BCUT2D eigenvalue weighted by molar-refractivity contribution is 6.09. The average Bonchev–Trinajstić information content (AvgIpc) is 2.39. The van der Waals surface area contributed by atoms with E-state index < -0.39 is 0 Å². The van der Waals surface area contributed by atoms with E-state index in [2.05, 4.69) is 53.5 Å². The summed E-state index contributed by atoms with van der Waals surface area (Å²) in [6.45, 7) is 0. The molecule has 1 nitrogen and oxygen atoms in total. The van der Waals surface area contributed by atoms with Gasteiger partial charge in [0.1, 0.15) is 0 Å². The third-order valence-corrected chi connectivity index (χ3v) is 3.50. The van der Waals surface area contributed by atoms with E-state index in [-0.39, 0.29) is 0 Å². The van der Waals surface area contributed by atoms with Gasteiger partial charge in [0, 0.05) is 18.0 Å². The maximum Gasteiger partial charge on any atom is 0.0707 e. The van der Waals surface area contributed by atoms with E-state index in [0.29, 0.717) is 0 Å². The van der Waals surface area contributed by atoms with Gasteiger partial charge < -0.3 is 0 Å². The number of aliphatic imine (C=N–C) groups is 1. The average molecular weight is 217 g/mol. The quantitative estimate of drug-likeness (QED) is 0.499. The summed E-state index contributed by atoms with van der Waals surface area (Å²) in [4.78, 5) is 4.49. The predicted octanol–water partition coefficient (Wildman–Crippen LogP) is 4.25. The molecule has 3 aromatic rings. The lowest BCUT2D eigenvalue weighted by Crippen LogP contribution is -1.95. The molecule has 3 aromatic carbocycles. The second-order valence-electron chi connectivity index (χ2n) is 4.47. The predicted molar refractivity (Wildman–Crippen MR) is 73.3 cm³/mol. The van der Waals surface area contributed by atoms with Crippen LogP contribution >= 0.6 is 0 Å². The molecule has 0 fully saturated rings. The Kier molecular flexibility index (Phi) is 1.67. The number of rotatable bonds is 0. The standard InChI is InChI=1S/C16H11N/c1-2-6-13-11(4-1)10-12-5-3-7-15-16(12)14(13)8-9-17-15/h1-7,9-10H,8H2. The SMILES string of the molecule is C1=Nc2cccc3cc4ccccc4c(c23)C1. The molecule has 0 atom stereocenters. The Balaban J connectivity index is 2.33. The molecule has 1 aliphatic heterocycles. The monoisotopic (exact) mass is 217 g/mol. The summed E-state index contributed by atoms with van der Waals surface area (Å²) in [6.07, 6.45) is 2.96. The van der Waals surface area contributed by atoms with Crippen LogP contribution in [0.1, 0.15) is 5.56 Å². The molecule has 1 heteroatoms. The molecule has 4 rings (SSSR count). The minimum atomic E-state index is 0.939. The molecule has 1 heterocycles. The zero-order valence-corrected chi connectivity index (χ0v) is 9.35. The third-order valence-electron chi connectivity index (χ3n) is 3.50. The molecule has 0 amide bonds. The topological polar surface area (TPSA) is 12.4 Å². The summed E-state index contributed by atoms with van der Waals surface area (Å²) >= 11 is 0. The number of benzene rings is 3. The first-order valence-corrected chi connectivity index (χ1v) is 5.89. The zero-order chi connectivity index (χ0) is 11.2. The van der Waals surface area contributed by atoms with Crippen LogP contribution in [-0.2, 0) is 6.42 Å². The number of hydrogen-bond donors (Lipinski definition) is 0. The maximum atomic E-state index is 4.49. The van der Waals surface area contributed by atoms with Crippen LogP contribution in [0.5, 0.6) is 0 Å². The van der Waals surface area contributed by atoms with Crippen LogP contribution in [0.25, 0.3) is 21.5 Å². The van der Waals surface area contributed by atoms with Gasteiger partial charge in [0.2, 0.25) is 0 Å². The van der Waals surface area contributed by atoms with Crippen LogP contribution in [-0.4, -0.2) is 6.21 Å². The van der Waals surface area contributed by atoms with Crippen LogP contribution in [0, 0.1) is 0 Å². The summed E-state index contributed by atoms with van der Waals surface area (Å²) in [5.74, 6) is 0. The van der Waals surface area contributed by atoms with Gasteiger partial charge in [0.05, 0.1) is 5.69 Å². The van der Waals surface area contributed by atoms with Crippen molar-refractivity contribution in [2.24, 2.45) is 4.99 Å². The molecule has 0 spiro atoms. The molecule has 0 N–H and O–H groups in total. The van der Waals surface area contributed by atoms with Crippen molar-refractivity contribution in [1.82, 2.24) is 0 Å². The van der Waals surface area contributed by atoms with Gasteiger partial charge in [-0.2, -0.15) is 0 Å². The van der Waals surface area contributed by atoms with E-state index >= 15 is 0 Å². The highest BCUT2D eigenvalue weighted by Gasteiger charge is 2.12. The van der Waals surface area contributed by atoms with E-state index in [9.17, 15) is 0 Å². The minimum Gasteiger partial charge on any atom is -0.260 e. The molecule has 0 bridgehead atoms. The number of hydrogen-bond acceptors (Lipinski definition) is 1. The van der Waals surface area contributed by atoms with E-state index in [1.54, 1.807) is 0 Å². The second-order valence-corrected chi connectivity index (χ2v) is 4.47. The summed E-state index contributed by atoms with van der Waals surface area (Å²) in [7, 11) is 0. The third kappa shape index (κ3) is 1.17. The van der Waals surface area contributed by atoms with Gasteiger partial charge in [0.25, 0.3) is 0 Å². The molecule has 0 aromatic heterocycles. The van der Waals surface area contributed by atoms with Gasteiger partial charge in [-0.3, -0.25) is 4.99 Å². The molecular weight excluding hydrogens is 206 g/mol. The molecule has 0 radical (unpaired) electrons. The van der Waals surface area contributed by atoms with Gasteiger partial charge in [0.15, 0.2) is 0 Å². The number of fused-ring (bicyclic) bond motifs is 2. The van der Waals surface area contributed by atoms with Gasteiger partial charge in [-0.05, 0) is 33.9 Å². The van der Waals surface area contributed by atoms with Crippen LogP contribution in [0.4, 0.5) is 5.69 Å². The molecular formula is C16H11N. The van der Waals surface area contributed by atoms with Crippen molar-refractivity contribution in [3.05, 3.63) is 54.1 Å². The normalized spacial score (nSPS) is 13.4. The molecule has 80 valence electrons. The Morgan fingerprint density at radius 3 is 2.76 bits per heavy atom. The second kappa shape index (κ2) is 3.17. The van der Waals surface area contributed by atoms with E-state index in [4.69, 9.17) is 0 Å². The van der Waals surface area contributed by atoms with Gasteiger partial charge in [-0.1, -0.05) is 36.4 Å². The molecule has 17 heavy (non-hydrogen) atoms. The van der Waals surface area contributed by atoms with Crippen molar-refractivity contribution < 1.29 is 0 Å². The first-order chi connectivity index (χ1) is 8.43. The molecule has 1 aliphatic rings. The van der Waals surface area contributed by atoms with Crippen molar-refractivity contribution in [3.63, 3.8) is 0 Å².